The Morgan fingerprint density at radius 3 is 2.18 bits per heavy atom. The van der Waals surface area contributed by atoms with Crippen LogP contribution in [0.15, 0.2) is 70.6 Å². The van der Waals surface area contributed by atoms with Crippen molar-refractivity contribution >= 4 is 49.1 Å². The second-order valence-corrected chi connectivity index (χ2v) is 10.8. The van der Waals surface area contributed by atoms with Crippen molar-refractivity contribution in [2.24, 2.45) is 4.99 Å². The summed E-state index contributed by atoms with van der Waals surface area (Å²) < 4.78 is 45.6. The summed E-state index contributed by atoms with van der Waals surface area (Å²) in [6.07, 6.45) is 0. The minimum absolute atomic E-state index is 0.131. The van der Waals surface area contributed by atoms with Crippen molar-refractivity contribution in [3.63, 3.8) is 0 Å². The number of fused-ring (bicyclic) bond motifs is 1. The Morgan fingerprint density at radius 2 is 1.58 bits per heavy atom. The average Bonchev–Trinajstić information content (AvgIpc) is 3.23. The van der Waals surface area contributed by atoms with E-state index in [0.29, 0.717) is 22.7 Å². The monoisotopic (exact) mass is 555 g/mol. The second kappa shape index (κ2) is 11.1. The van der Waals surface area contributed by atoms with Crippen LogP contribution in [0.1, 0.15) is 15.9 Å². The molecule has 4 rings (SSSR count). The van der Waals surface area contributed by atoms with Gasteiger partial charge in [-0.1, -0.05) is 29.0 Å². The third kappa shape index (κ3) is 5.71. The molecule has 0 aliphatic heterocycles. The van der Waals surface area contributed by atoms with E-state index >= 15 is 0 Å². The summed E-state index contributed by atoms with van der Waals surface area (Å²) in [4.78, 5) is 29.8. The number of nitrogens with zero attached hydrogens (tertiary/aromatic N) is 2. The maximum absolute atomic E-state index is 13.0. The van der Waals surface area contributed by atoms with Gasteiger partial charge in [0.15, 0.2) is 16.3 Å². The molecule has 198 valence electrons. The Balaban J connectivity index is 1.66. The van der Waals surface area contributed by atoms with Gasteiger partial charge in [-0.3, -0.25) is 14.3 Å². The highest BCUT2D eigenvalue weighted by Crippen LogP contribution is 2.33. The van der Waals surface area contributed by atoms with E-state index in [4.69, 9.17) is 14.2 Å². The first kappa shape index (κ1) is 26.9. The first-order chi connectivity index (χ1) is 18.1. The van der Waals surface area contributed by atoms with Crippen LogP contribution in [0.3, 0.4) is 0 Å². The van der Waals surface area contributed by atoms with Crippen LogP contribution in [0.2, 0.25) is 0 Å². The maximum Gasteiger partial charge on any atom is 0.325 e. The molecule has 1 heterocycles. The van der Waals surface area contributed by atoms with Crippen molar-refractivity contribution in [1.29, 1.82) is 0 Å². The van der Waals surface area contributed by atoms with Crippen LogP contribution in [-0.2, 0) is 26.1 Å². The van der Waals surface area contributed by atoms with Gasteiger partial charge in [0, 0.05) is 23.4 Å². The zero-order valence-electron chi connectivity index (χ0n) is 21.0. The van der Waals surface area contributed by atoms with Crippen LogP contribution in [0.5, 0.6) is 11.5 Å². The lowest BCUT2D eigenvalue weighted by Gasteiger charge is -2.09. The molecule has 0 aliphatic carbocycles. The molecule has 0 radical (unpaired) electrons. The SMILES string of the molecule is COC(=O)Cn1c(=NC(=O)c2ccc(NS(=O)(=O)c3ccc(C)cc3)cc2)sc2cc(OC)c(OC)cc21. The standard InChI is InChI=1S/C26H25N3O7S2/c1-16-5-11-19(12-6-16)38(32,33)28-18-9-7-17(8-10-18)25(31)27-26-29(15-24(30)36-4)20-13-21(34-2)22(35-3)14-23(20)37-26/h5-14,28H,15H2,1-4H3. The van der Waals surface area contributed by atoms with Gasteiger partial charge in [-0.2, -0.15) is 4.99 Å². The van der Waals surface area contributed by atoms with Crippen molar-refractivity contribution < 1.29 is 32.2 Å². The lowest BCUT2D eigenvalue weighted by molar-refractivity contribution is -0.141. The Morgan fingerprint density at radius 1 is 0.947 bits per heavy atom. The predicted molar refractivity (Wildman–Crippen MR) is 143 cm³/mol. The summed E-state index contributed by atoms with van der Waals surface area (Å²) in [6.45, 7) is 1.70. The fourth-order valence-electron chi connectivity index (χ4n) is 3.59. The van der Waals surface area contributed by atoms with Crippen molar-refractivity contribution in [2.75, 3.05) is 26.1 Å². The molecule has 1 aromatic heterocycles. The van der Waals surface area contributed by atoms with E-state index in [2.05, 4.69) is 9.71 Å². The fraction of sp³-hybridized carbons (Fsp3) is 0.192. The zero-order valence-corrected chi connectivity index (χ0v) is 22.7. The van der Waals surface area contributed by atoms with Gasteiger partial charge >= 0.3 is 5.97 Å². The molecule has 0 unspecified atom stereocenters. The molecule has 0 spiro atoms. The summed E-state index contributed by atoms with van der Waals surface area (Å²) in [5.74, 6) is -0.133. The Labute approximate surface area is 223 Å². The molecule has 1 amide bonds. The number of hydrogen-bond donors (Lipinski definition) is 1. The van der Waals surface area contributed by atoms with Crippen molar-refractivity contribution in [3.05, 3.63) is 76.6 Å². The number of hydrogen-bond acceptors (Lipinski definition) is 8. The summed E-state index contributed by atoms with van der Waals surface area (Å²) >= 11 is 1.20. The molecule has 10 nitrogen and oxygen atoms in total. The molecule has 0 bridgehead atoms. The van der Waals surface area contributed by atoms with Crippen LogP contribution in [0.4, 0.5) is 5.69 Å². The van der Waals surface area contributed by atoms with E-state index in [9.17, 15) is 18.0 Å². The van der Waals surface area contributed by atoms with Crippen molar-refractivity contribution in [2.45, 2.75) is 18.4 Å². The highest BCUT2D eigenvalue weighted by atomic mass is 32.2. The topological polar surface area (TPSA) is 125 Å². The number of thiazole rings is 1. The fourth-order valence-corrected chi connectivity index (χ4v) is 5.69. The number of methoxy groups -OCH3 is 3. The molecule has 3 aromatic carbocycles. The number of benzene rings is 3. The van der Waals surface area contributed by atoms with Crippen LogP contribution < -0.4 is 19.0 Å². The molecule has 0 fully saturated rings. The molecular weight excluding hydrogens is 530 g/mol. The average molecular weight is 556 g/mol. The number of amides is 1. The second-order valence-electron chi connectivity index (χ2n) is 8.13. The minimum atomic E-state index is -3.78. The maximum atomic E-state index is 13.0. The van der Waals surface area contributed by atoms with Crippen molar-refractivity contribution in [1.82, 2.24) is 4.57 Å². The Hall–Kier alpha value is -4.16. The van der Waals surface area contributed by atoms with E-state index < -0.39 is 21.9 Å². The zero-order chi connectivity index (χ0) is 27.4. The summed E-state index contributed by atoms with van der Waals surface area (Å²) in [5, 5.41) is 0. The number of aromatic nitrogens is 1. The van der Waals surface area contributed by atoms with Gasteiger partial charge in [-0.25, -0.2) is 8.42 Å². The molecule has 1 N–H and O–H groups in total. The number of esters is 1. The number of aryl methyl sites for hydroxylation is 1. The van der Waals surface area contributed by atoms with E-state index in [1.54, 1.807) is 28.8 Å². The number of sulfonamides is 1. The molecule has 12 heteroatoms. The summed E-state index contributed by atoms with van der Waals surface area (Å²) in [7, 11) is 0.506. The van der Waals surface area contributed by atoms with E-state index in [0.717, 1.165) is 10.3 Å². The first-order valence-electron chi connectivity index (χ1n) is 11.3. The number of carbonyl (C=O) groups is 2. The molecule has 0 saturated carbocycles. The molecule has 38 heavy (non-hydrogen) atoms. The van der Waals surface area contributed by atoms with Crippen LogP contribution in [0, 0.1) is 6.92 Å². The molecule has 0 atom stereocenters. The molecule has 4 aromatic rings. The third-order valence-electron chi connectivity index (χ3n) is 5.62. The normalized spacial score (nSPS) is 11.8. The lowest BCUT2D eigenvalue weighted by atomic mass is 10.2. The predicted octanol–water partition coefficient (Wildman–Crippen LogP) is 3.74. The molecule has 0 aliphatic rings. The highest BCUT2D eigenvalue weighted by molar-refractivity contribution is 7.92. The Bertz CT molecular complexity index is 1670. The number of rotatable bonds is 8. The first-order valence-corrected chi connectivity index (χ1v) is 13.6. The van der Waals surface area contributed by atoms with Gasteiger partial charge in [0.2, 0.25) is 0 Å². The van der Waals surface area contributed by atoms with E-state index in [-0.39, 0.29) is 21.8 Å². The highest BCUT2D eigenvalue weighted by Gasteiger charge is 2.17. The van der Waals surface area contributed by atoms with Gasteiger partial charge in [0.25, 0.3) is 15.9 Å². The van der Waals surface area contributed by atoms with Gasteiger partial charge in [0.05, 0.1) is 36.4 Å². The van der Waals surface area contributed by atoms with E-state index in [1.807, 2.05) is 6.92 Å². The van der Waals surface area contributed by atoms with Crippen LogP contribution >= 0.6 is 11.3 Å². The number of anilines is 1. The van der Waals surface area contributed by atoms with Gasteiger partial charge < -0.3 is 18.8 Å². The molecular formula is C26H25N3O7S2. The van der Waals surface area contributed by atoms with Crippen LogP contribution in [-0.4, -0.2) is 46.2 Å². The minimum Gasteiger partial charge on any atom is -0.493 e. The smallest absolute Gasteiger partial charge is 0.325 e. The lowest BCUT2D eigenvalue weighted by Crippen LogP contribution is -2.22. The quantitative estimate of drug-likeness (QED) is 0.328. The number of carbonyl (C=O) groups excluding carboxylic acids is 2. The summed E-state index contributed by atoms with van der Waals surface area (Å²) in [5.41, 5.74) is 2.09. The van der Waals surface area contributed by atoms with Gasteiger partial charge in [0.1, 0.15) is 6.54 Å². The van der Waals surface area contributed by atoms with Crippen molar-refractivity contribution in [3.8, 4) is 11.5 Å². The van der Waals surface area contributed by atoms with Gasteiger partial charge in [-0.15, -0.1) is 0 Å². The molecule has 0 saturated heterocycles. The number of nitrogens with one attached hydrogen (secondary N) is 1. The largest absolute Gasteiger partial charge is 0.493 e. The summed E-state index contributed by atoms with van der Waals surface area (Å²) in [6, 6.07) is 15.8. The number of ether oxygens (including phenoxy) is 3. The third-order valence-corrected chi connectivity index (χ3v) is 8.05. The Kier molecular flexibility index (Phi) is 7.83. The van der Waals surface area contributed by atoms with Crippen LogP contribution in [0.25, 0.3) is 10.2 Å². The van der Waals surface area contributed by atoms with E-state index in [1.165, 1.54) is 69.1 Å². The van der Waals surface area contributed by atoms with Gasteiger partial charge in [-0.05, 0) is 43.3 Å².